The molecular weight excluding hydrogens is 232 g/mol. The monoisotopic (exact) mass is 244 g/mol. The molecule has 0 amide bonds. The van der Waals surface area contributed by atoms with Crippen molar-refractivity contribution < 1.29 is 24.5 Å². The van der Waals surface area contributed by atoms with Gasteiger partial charge in [0.1, 0.15) is 6.10 Å². The van der Waals surface area contributed by atoms with Crippen LogP contribution >= 0.6 is 11.3 Å². The molecule has 1 heterocycles. The van der Waals surface area contributed by atoms with Gasteiger partial charge in [-0.3, -0.25) is 9.59 Å². The predicted octanol–water partition coefficient (Wildman–Crippen LogP) is 0.518. The first-order chi connectivity index (χ1) is 7.58. The van der Waals surface area contributed by atoms with Gasteiger partial charge < -0.3 is 14.9 Å². The summed E-state index contributed by atoms with van der Waals surface area (Å²) >= 11 is 1.16. The Morgan fingerprint density at radius 2 is 2.31 bits per heavy atom. The van der Waals surface area contributed by atoms with Gasteiger partial charge in [-0.15, -0.1) is 11.3 Å². The molecule has 1 aromatic rings. The molecule has 0 aromatic carbocycles. The number of rotatable bonds is 5. The van der Waals surface area contributed by atoms with Crippen molar-refractivity contribution in [3.05, 3.63) is 21.9 Å². The Balaban J connectivity index is 2.65. The van der Waals surface area contributed by atoms with Gasteiger partial charge in [0.15, 0.2) is 6.29 Å². The maximum Gasteiger partial charge on any atom is 0.308 e. The van der Waals surface area contributed by atoms with Crippen LogP contribution in [0.5, 0.6) is 0 Å². The number of carbonyl (C=O) groups excluding carboxylic acids is 2. The summed E-state index contributed by atoms with van der Waals surface area (Å²) in [5.41, 5.74) is 0.420. The maximum atomic E-state index is 10.9. The second kappa shape index (κ2) is 5.74. The minimum Gasteiger partial charge on any atom is -0.469 e. The van der Waals surface area contributed by atoms with Gasteiger partial charge in [0.25, 0.3) is 0 Å². The van der Waals surface area contributed by atoms with Crippen LogP contribution in [0.4, 0.5) is 0 Å². The number of ether oxygens (including phenoxy) is 1. The van der Waals surface area contributed by atoms with E-state index in [1.54, 1.807) is 5.38 Å². The second-order valence-corrected chi connectivity index (χ2v) is 4.14. The molecular formula is C10H12O5S. The third-order valence-electron chi connectivity index (χ3n) is 2.07. The highest BCUT2D eigenvalue weighted by Gasteiger charge is 2.22. The minimum atomic E-state index is -1.23. The molecule has 1 rings (SSSR count). The van der Waals surface area contributed by atoms with E-state index in [0.29, 0.717) is 16.7 Å². The van der Waals surface area contributed by atoms with Crippen LogP contribution in [0.15, 0.2) is 11.4 Å². The summed E-state index contributed by atoms with van der Waals surface area (Å²) in [6.45, 7) is 0. The van der Waals surface area contributed by atoms with Crippen molar-refractivity contribution >= 4 is 23.6 Å². The number of thiophene rings is 1. The molecule has 0 bridgehead atoms. The van der Waals surface area contributed by atoms with Crippen LogP contribution in [0.1, 0.15) is 27.8 Å². The molecule has 2 unspecified atom stereocenters. The third-order valence-corrected chi connectivity index (χ3v) is 2.94. The highest BCUT2D eigenvalue weighted by molar-refractivity contribution is 7.11. The number of aliphatic hydroxyl groups is 2. The Morgan fingerprint density at radius 3 is 2.81 bits per heavy atom. The molecule has 0 fully saturated rings. The van der Waals surface area contributed by atoms with Gasteiger partial charge in [0.2, 0.25) is 0 Å². The second-order valence-electron chi connectivity index (χ2n) is 3.19. The largest absolute Gasteiger partial charge is 0.469 e. The van der Waals surface area contributed by atoms with Crippen molar-refractivity contribution in [2.24, 2.45) is 0 Å². The normalized spacial score (nSPS) is 14.2. The molecule has 88 valence electrons. The summed E-state index contributed by atoms with van der Waals surface area (Å²) < 4.78 is 4.37. The molecule has 0 saturated heterocycles. The molecule has 1 aromatic heterocycles. The first kappa shape index (κ1) is 12.8. The topological polar surface area (TPSA) is 83.8 Å². The summed E-state index contributed by atoms with van der Waals surface area (Å²) in [5.74, 6) is -0.600. The van der Waals surface area contributed by atoms with Crippen molar-refractivity contribution in [1.29, 1.82) is 0 Å². The summed E-state index contributed by atoms with van der Waals surface area (Å²) in [4.78, 5) is 21.8. The Kier molecular flexibility index (Phi) is 4.60. The third kappa shape index (κ3) is 3.13. The smallest absolute Gasteiger partial charge is 0.308 e. The van der Waals surface area contributed by atoms with E-state index in [9.17, 15) is 19.8 Å². The zero-order valence-electron chi connectivity index (χ0n) is 8.62. The first-order valence-corrected chi connectivity index (χ1v) is 5.43. The Hall–Kier alpha value is -1.24. The number of aldehydes is 1. The fraction of sp³-hybridized carbons (Fsp3) is 0.400. The van der Waals surface area contributed by atoms with E-state index < -0.39 is 18.2 Å². The highest BCUT2D eigenvalue weighted by atomic mass is 32.1. The lowest BCUT2D eigenvalue weighted by Crippen LogP contribution is -2.22. The van der Waals surface area contributed by atoms with E-state index in [1.165, 1.54) is 13.2 Å². The van der Waals surface area contributed by atoms with E-state index in [1.807, 2.05) is 0 Å². The number of methoxy groups -OCH3 is 1. The minimum absolute atomic E-state index is 0.288. The van der Waals surface area contributed by atoms with Gasteiger partial charge in [-0.1, -0.05) is 0 Å². The quantitative estimate of drug-likeness (QED) is 0.582. The summed E-state index contributed by atoms with van der Waals surface area (Å²) in [6, 6.07) is 1.48. The van der Waals surface area contributed by atoms with Crippen LogP contribution in [0.25, 0.3) is 0 Å². The van der Waals surface area contributed by atoms with Crippen LogP contribution in [0.2, 0.25) is 0 Å². The molecule has 2 N–H and O–H groups in total. The van der Waals surface area contributed by atoms with Gasteiger partial charge in [-0.2, -0.15) is 0 Å². The van der Waals surface area contributed by atoms with E-state index in [-0.39, 0.29) is 6.42 Å². The van der Waals surface area contributed by atoms with Crippen molar-refractivity contribution in [2.45, 2.75) is 18.6 Å². The molecule has 2 atom stereocenters. The maximum absolute atomic E-state index is 10.9. The average Bonchev–Trinajstić information content (AvgIpc) is 2.76. The lowest BCUT2D eigenvalue weighted by atomic mass is 10.1. The van der Waals surface area contributed by atoms with E-state index >= 15 is 0 Å². The summed E-state index contributed by atoms with van der Waals surface area (Å²) in [6.07, 6.45) is -2.05. The molecule has 0 radical (unpaired) electrons. The predicted molar refractivity (Wildman–Crippen MR) is 57.3 cm³/mol. The number of carbonyl (C=O) groups is 2. The van der Waals surface area contributed by atoms with Gasteiger partial charge >= 0.3 is 5.97 Å². The van der Waals surface area contributed by atoms with Gasteiger partial charge in [-0.25, -0.2) is 0 Å². The Morgan fingerprint density at radius 1 is 1.62 bits per heavy atom. The fourth-order valence-electron chi connectivity index (χ4n) is 1.17. The number of esters is 1. The number of aliphatic hydroxyl groups excluding tert-OH is 2. The zero-order chi connectivity index (χ0) is 12.1. The van der Waals surface area contributed by atoms with E-state index in [2.05, 4.69) is 4.74 Å². The Bertz CT molecular complexity index is 373. The van der Waals surface area contributed by atoms with Gasteiger partial charge in [-0.05, 0) is 17.0 Å². The summed E-state index contributed by atoms with van der Waals surface area (Å²) in [7, 11) is 1.20. The van der Waals surface area contributed by atoms with Crippen molar-refractivity contribution in [1.82, 2.24) is 0 Å². The lowest BCUT2D eigenvalue weighted by molar-refractivity contribution is -0.144. The van der Waals surface area contributed by atoms with Crippen molar-refractivity contribution in [3.8, 4) is 0 Å². The standard InChI is InChI=1S/C10H12O5S/c1-15-9(13)3-8(12)10(14)6-2-7(4-11)16-5-6/h2,4-5,8,10,12,14H,3H2,1H3. The highest BCUT2D eigenvalue weighted by Crippen LogP contribution is 2.23. The molecule has 5 nitrogen and oxygen atoms in total. The molecule has 16 heavy (non-hydrogen) atoms. The van der Waals surface area contributed by atoms with E-state index in [4.69, 9.17) is 0 Å². The van der Waals surface area contributed by atoms with Crippen LogP contribution in [0, 0.1) is 0 Å². The zero-order valence-corrected chi connectivity index (χ0v) is 9.44. The first-order valence-electron chi connectivity index (χ1n) is 4.55. The van der Waals surface area contributed by atoms with Crippen molar-refractivity contribution in [2.75, 3.05) is 7.11 Å². The lowest BCUT2D eigenvalue weighted by Gasteiger charge is -2.15. The molecule has 0 spiro atoms. The summed E-state index contributed by atoms with van der Waals surface area (Å²) in [5, 5.41) is 20.8. The SMILES string of the molecule is COC(=O)CC(O)C(O)c1csc(C=O)c1. The van der Waals surface area contributed by atoms with Crippen LogP contribution in [-0.2, 0) is 9.53 Å². The van der Waals surface area contributed by atoms with E-state index in [0.717, 1.165) is 11.3 Å². The van der Waals surface area contributed by atoms with Crippen LogP contribution in [0.3, 0.4) is 0 Å². The average molecular weight is 244 g/mol. The molecule has 0 aliphatic carbocycles. The molecule has 6 heteroatoms. The fourth-order valence-corrected chi connectivity index (χ4v) is 1.91. The van der Waals surface area contributed by atoms with Gasteiger partial charge in [0.05, 0.1) is 24.5 Å². The number of hydrogen-bond acceptors (Lipinski definition) is 6. The molecule has 0 saturated carbocycles. The van der Waals surface area contributed by atoms with Crippen LogP contribution in [-0.4, -0.2) is 35.7 Å². The van der Waals surface area contributed by atoms with Crippen LogP contribution < -0.4 is 0 Å². The van der Waals surface area contributed by atoms with Crippen molar-refractivity contribution in [3.63, 3.8) is 0 Å². The van der Waals surface area contributed by atoms with Gasteiger partial charge in [0, 0.05) is 0 Å². The molecule has 0 aliphatic rings. The molecule has 0 aliphatic heterocycles. The Labute approximate surface area is 96.3 Å². The number of hydrogen-bond donors (Lipinski definition) is 2.